The zero-order valence-electron chi connectivity index (χ0n) is 41.3. The molecule has 1 atom stereocenters. The van der Waals surface area contributed by atoms with E-state index < -0.39 is 6.10 Å². The minimum absolute atomic E-state index is 0.0654. The Labute approximate surface area is 374 Å². The van der Waals surface area contributed by atoms with Crippen LogP contribution in [0.25, 0.3) is 0 Å². The second-order valence-corrected chi connectivity index (χ2v) is 19.9. The number of hydrogen-bond acceptors (Lipinski definition) is 6. The Morgan fingerprint density at radius 3 is 0.717 bits per heavy atom. The fourth-order valence-electron chi connectivity index (χ4n) is 8.12. The van der Waals surface area contributed by atoms with Crippen molar-refractivity contribution in [3.8, 4) is 0 Å². The van der Waals surface area contributed by atoms with Crippen LogP contribution in [0.4, 0.5) is 0 Å². The molecule has 0 aromatic rings. The Morgan fingerprint density at radius 1 is 0.283 bits per heavy atom. The molecule has 0 unspecified atom stereocenters. The molecule has 6 heteroatoms. The van der Waals surface area contributed by atoms with Crippen molar-refractivity contribution >= 4 is 17.9 Å². The van der Waals surface area contributed by atoms with Gasteiger partial charge in [-0.05, 0) is 37.0 Å². The second kappa shape index (κ2) is 45.4. The van der Waals surface area contributed by atoms with Crippen molar-refractivity contribution in [3.05, 3.63) is 0 Å². The quantitative estimate of drug-likeness (QED) is 0.0345. The van der Waals surface area contributed by atoms with Crippen LogP contribution in [0.1, 0.15) is 292 Å². The monoisotopic (exact) mass is 849 g/mol. The predicted octanol–water partition coefficient (Wildman–Crippen LogP) is 17.2. The van der Waals surface area contributed by atoms with Crippen LogP contribution in [0.2, 0.25) is 0 Å². The lowest BCUT2D eigenvalue weighted by molar-refractivity contribution is -0.167. The first-order chi connectivity index (χ1) is 29.1. The highest BCUT2D eigenvalue weighted by molar-refractivity contribution is 5.71. The molecule has 0 aromatic carbocycles. The highest BCUT2D eigenvalue weighted by Crippen LogP contribution is 2.18. The molecule has 0 aliphatic carbocycles. The maximum absolute atomic E-state index is 12.7. The fraction of sp³-hybridized carbons (Fsp3) is 0.944. The van der Waals surface area contributed by atoms with Crippen LogP contribution in [0, 0.1) is 17.8 Å². The number of rotatable bonds is 47. The maximum atomic E-state index is 12.7. The Bertz CT molecular complexity index is 929. The number of carbonyl (C=O) groups is 3. The molecule has 0 bridgehead atoms. The molecular formula is C54H104O6. The van der Waals surface area contributed by atoms with E-state index in [-0.39, 0.29) is 31.1 Å². The van der Waals surface area contributed by atoms with Gasteiger partial charge in [-0.25, -0.2) is 0 Å². The zero-order chi connectivity index (χ0) is 44.2. The highest BCUT2D eigenvalue weighted by Gasteiger charge is 2.19. The predicted molar refractivity (Wildman–Crippen MR) is 256 cm³/mol. The first-order valence-corrected chi connectivity index (χ1v) is 26.6. The van der Waals surface area contributed by atoms with Crippen LogP contribution in [0.5, 0.6) is 0 Å². The lowest BCUT2D eigenvalue weighted by Crippen LogP contribution is -2.30. The van der Waals surface area contributed by atoms with Crippen molar-refractivity contribution in [2.75, 3.05) is 13.2 Å². The number of carbonyl (C=O) groups excluding carboxylic acids is 3. The molecule has 0 saturated heterocycles. The molecule has 0 fully saturated rings. The van der Waals surface area contributed by atoms with E-state index in [1.54, 1.807) is 0 Å². The zero-order valence-corrected chi connectivity index (χ0v) is 41.3. The van der Waals surface area contributed by atoms with E-state index in [9.17, 15) is 14.4 Å². The van der Waals surface area contributed by atoms with Gasteiger partial charge in [0.15, 0.2) is 6.10 Å². The first kappa shape index (κ1) is 58.4. The molecule has 0 spiro atoms. The van der Waals surface area contributed by atoms with E-state index in [1.807, 2.05) is 0 Å². The summed E-state index contributed by atoms with van der Waals surface area (Å²) in [7, 11) is 0. The molecule has 0 heterocycles. The third-order valence-corrected chi connectivity index (χ3v) is 12.1. The van der Waals surface area contributed by atoms with Gasteiger partial charge in [-0.1, -0.05) is 253 Å². The summed E-state index contributed by atoms with van der Waals surface area (Å²) in [6.45, 7) is 13.7. The molecule has 0 saturated carbocycles. The van der Waals surface area contributed by atoms with E-state index in [0.717, 1.165) is 75.5 Å². The SMILES string of the molecule is CC(C)CCCCCCCCCCCCCCCCCCCCC(=O)OC[C@@H](COC(=O)CCCCCCCCCCC(C)C)OC(=O)CCCCCCCCCC(C)C. The summed E-state index contributed by atoms with van der Waals surface area (Å²) in [5.41, 5.74) is 0. The molecule has 356 valence electrons. The van der Waals surface area contributed by atoms with Crippen LogP contribution in [0.15, 0.2) is 0 Å². The number of ether oxygens (including phenoxy) is 3. The summed E-state index contributed by atoms with van der Waals surface area (Å²) in [5.74, 6) is 1.58. The molecule has 0 N–H and O–H groups in total. The number of unbranched alkanes of at least 4 members (excludes halogenated alkanes) is 30. The van der Waals surface area contributed by atoms with Crippen molar-refractivity contribution in [3.63, 3.8) is 0 Å². The van der Waals surface area contributed by atoms with Crippen LogP contribution in [0.3, 0.4) is 0 Å². The highest BCUT2D eigenvalue weighted by atomic mass is 16.6. The van der Waals surface area contributed by atoms with Gasteiger partial charge in [0, 0.05) is 19.3 Å². The second-order valence-electron chi connectivity index (χ2n) is 19.9. The largest absolute Gasteiger partial charge is 0.462 e. The van der Waals surface area contributed by atoms with Crippen molar-refractivity contribution in [2.45, 2.75) is 298 Å². The lowest BCUT2D eigenvalue weighted by Gasteiger charge is -2.18. The van der Waals surface area contributed by atoms with E-state index in [1.165, 1.54) is 173 Å². The van der Waals surface area contributed by atoms with Gasteiger partial charge >= 0.3 is 17.9 Å². The van der Waals surface area contributed by atoms with Crippen LogP contribution in [-0.2, 0) is 28.6 Å². The standard InChI is InChI=1S/C54H104O6/c1-48(2)40-34-28-22-17-15-13-11-9-7-8-10-12-14-16-18-25-31-37-43-52(55)58-46-51(60-54(57)45-39-33-27-21-24-30-36-42-50(5)6)47-59-53(56)44-38-32-26-20-19-23-29-35-41-49(3)4/h48-51H,7-47H2,1-6H3/t51-/m0/s1. The maximum Gasteiger partial charge on any atom is 0.306 e. The summed E-state index contributed by atoms with van der Waals surface area (Å²) in [4.78, 5) is 37.9. The van der Waals surface area contributed by atoms with E-state index in [0.29, 0.717) is 19.3 Å². The van der Waals surface area contributed by atoms with Crippen LogP contribution < -0.4 is 0 Å². The number of hydrogen-bond donors (Lipinski definition) is 0. The van der Waals surface area contributed by atoms with Gasteiger partial charge in [0.05, 0.1) is 0 Å². The molecule has 0 amide bonds. The Kier molecular flexibility index (Phi) is 44.2. The van der Waals surface area contributed by atoms with Gasteiger partial charge < -0.3 is 14.2 Å². The minimum Gasteiger partial charge on any atom is -0.462 e. The summed E-state index contributed by atoms with van der Waals surface area (Å²) < 4.78 is 16.8. The average Bonchev–Trinajstić information content (AvgIpc) is 3.20. The van der Waals surface area contributed by atoms with Crippen molar-refractivity contribution in [1.29, 1.82) is 0 Å². The van der Waals surface area contributed by atoms with Gasteiger partial charge in [0.2, 0.25) is 0 Å². The molecule has 0 aliphatic rings. The summed E-state index contributed by atoms with van der Waals surface area (Å²) in [5, 5.41) is 0. The molecule has 0 aliphatic heterocycles. The van der Waals surface area contributed by atoms with E-state index in [4.69, 9.17) is 14.2 Å². The van der Waals surface area contributed by atoms with Crippen molar-refractivity contribution in [1.82, 2.24) is 0 Å². The summed E-state index contributed by atoms with van der Waals surface area (Å²) in [6, 6.07) is 0. The minimum atomic E-state index is -0.763. The molecule has 0 radical (unpaired) electrons. The lowest BCUT2D eigenvalue weighted by atomic mass is 10.0. The fourth-order valence-corrected chi connectivity index (χ4v) is 8.12. The van der Waals surface area contributed by atoms with Gasteiger partial charge in [0.1, 0.15) is 13.2 Å². The third kappa shape index (κ3) is 47.5. The van der Waals surface area contributed by atoms with Crippen molar-refractivity contribution < 1.29 is 28.6 Å². The van der Waals surface area contributed by atoms with E-state index >= 15 is 0 Å². The van der Waals surface area contributed by atoms with Gasteiger partial charge in [-0.3, -0.25) is 14.4 Å². The van der Waals surface area contributed by atoms with E-state index in [2.05, 4.69) is 41.5 Å². The molecular weight excluding hydrogens is 745 g/mol. The third-order valence-electron chi connectivity index (χ3n) is 12.1. The summed E-state index contributed by atoms with van der Waals surface area (Å²) in [6.07, 6.45) is 45.4. The molecule has 0 rings (SSSR count). The van der Waals surface area contributed by atoms with Gasteiger partial charge in [-0.15, -0.1) is 0 Å². The topological polar surface area (TPSA) is 78.9 Å². The van der Waals surface area contributed by atoms with Crippen molar-refractivity contribution in [2.24, 2.45) is 17.8 Å². The molecule has 60 heavy (non-hydrogen) atoms. The van der Waals surface area contributed by atoms with Crippen LogP contribution >= 0.6 is 0 Å². The Morgan fingerprint density at radius 2 is 0.483 bits per heavy atom. The smallest absolute Gasteiger partial charge is 0.306 e. The normalized spacial score (nSPS) is 12.2. The molecule has 0 aromatic heterocycles. The first-order valence-electron chi connectivity index (χ1n) is 26.6. The average molecular weight is 849 g/mol. The molecule has 6 nitrogen and oxygen atoms in total. The summed E-state index contributed by atoms with van der Waals surface area (Å²) >= 11 is 0. The van der Waals surface area contributed by atoms with Crippen LogP contribution in [-0.4, -0.2) is 37.2 Å². The Hall–Kier alpha value is -1.59. The van der Waals surface area contributed by atoms with Gasteiger partial charge in [0.25, 0.3) is 0 Å². The van der Waals surface area contributed by atoms with Gasteiger partial charge in [-0.2, -0.15) is 0 Å². The number of esters is 3. The Balaban J connectivity index is 4.18.